The summed E-state index contributed by atoms with van der Waals surface area (Å²) in [6.45, 7) is 13.5. The largest absolute Gasteiger partial charge is 0.455 e. The molecule has 1 atom stereocenters. The highest BCUT2D eigenvalue weighted by atomic mass is 16.6. The van der Waals surface area contributed by atoms with Gasteiger partial charge in [0.25, 0.3) is 0 Å². The normalized spacial score (nSPS) is 17.4. The van der Waals surface area contributed by atoms with Crippen molar-refractivity contribution in [3.63, 3.8) is 0 Å². The van der Waals surface area contributed by atoms with Crippen LogP contribution in [-0.4, -0.2) is 11.6 Å². The van der Waals surface area contributed by atoms with Crippen LogP contribution in [0.5, 0.6) is 0 Å². The molecule has 2 heteroatoms. The standard InChI is InChI=1S/C26H42O2/c1-7-20(19-25(4,5)6)21-15-17-22(18-16-21)24(27)28-26(8-2,9-3)23-13-11-10-12-14-23/h15-18,20,23H,7-14,19H2,1-6H3. The van der Waals surface area contributed by atoms with Crippen molar-refractivity contribution in [1.29, 1.82) is 0 Å². The first-order valence-corrected chi connectivity index (χ1v) is 11.6. The lowest BCUT2D eigenvalue weighted by Gasteiger charge is -2.41. The summed E-state index contributed by atoms with van der Waals surface area (Å²) in [7, 11) is 0. The fourth-order valence-electron chi connectivity index (χ4n) is 5.06. The summed E-state index contributed by atoms with van der Waals surface area (Å²) in [5.41, 5.74) is 2.03. The zero-order valence-electron chi connectivity index (χ0n) is 19.1. The first-order valence-electron chi connectivity index (χ1n) is 11.6. The molecule has 1 fully saturated rings. The maximum absolute atomic E-state index is 13.0. The van der Waals surface area contributed by atoms with Crippen LogP contribution in [-0.2, 0) is 4.74 Å². The van der Waals surface area contributed by atoms with Gasteiger partial charge in [-0.25, -0.2) is 4.79 Å². The van der Waals surface area contributed by atoms with Gasteiger partial charge in [0.15, 0.2) is 0 Å². The van der Waals surface area contributed by atoms with Crippen LogP contribution < -0.4 is 0 Å². The Balaban J connectivity index is 2.12. The first kappa shape index (κ1) is 23.0. The van der Waals surface area contributed by atoms with Gasteiger partial charge in [-0.1, -0.05) is 72.9 Å². The predicted octanol–water partition coefficient (Wildman–Crippen LogP) is 7.91. The Hall–Kier alpha value is -1.31. The highest BCUT2D eigenvalue weighted by Crippen LogP contribution is 2.40. The van der Waals surface area contributed by atoms with Gasteiger partial charge < -0.3 is 4.74 Å². The molecule has 2 rings (SSSR count). The van der Waals surface area contributed by atoms with Gasteiger partial charge in [-0.15, -0.1) is 0 Å². The number of hydrogen-bond donors (Lipinski definition) is 0. The number of rotatable bonds is 8. The molecule has 1 aromatic rings. The van der Waals surface area contributed by atoms with E-state index in [0.29, 0.717) is 22.8 Å². The molecule has 0 aromatic heterocycles. The van der Waals surface area contributed by atoms with E-state index in [1.54, 1.807) is 0 Å². The number of ether oxygens (including phenoxy) is 1. The van der Waals surface area contributed by atoms with Crippen molar-refractivity contribution in [3.8, 4) is 0 Å². The smallest absolute Gasteiger partial charge is 0.338 e. The molecule has 0 spiro atoms. The summed E-state index contributed by atoms with van der Waals surface area (Å²) < 4.78 is 6.23. The fraction of sp³-hybridized carbons (Fsp3) is 0.731. The van der Waals surface area contributed by atoms with Crippen LogP contribution in [0.25, 0.3) is 0 Å². The monoisotopic (exact) mass is 386 g/mol. The van der Waals surface area contributed by atoms with Crippen LogP contribution in [0, 0.1) is 11.3 Å². The Morgan fingerprint density at radius 3 is 2.04 bits per heavy atom. The summed E-state index contributed by atoms with van der Waals surface area (Å²) in [5.74, 6) is 0.901. The van der Waals surface area contributed by atoms with Crippen LogP contribution in [0.15, 0.2) is 24.3 Å². The van der Waals surface area contributed by atoms with E-state index in [4.69, 9.17) is 4.74 Å². The minimum absolute atomic E-state index is 0.148. The van der Waals surface area contributed by atoms with E-state index >= 15 is 0 Å². The third-order valence-corrected chi connectivity index (χ3v) is 6.81. The molecule has 158 valence electrons. The molecule has 0 aliphatic heterocycles. The zero-order valence-corrected chi connectivity index (χ0v) is 19.1. The molecule has 0 saturated heterocycles. The average molecular weight is 387 g/mol. The second kappa shape index (κ2) is 9.94. The summed E-state index contributed by atoms with van der Waals surface area (Å²) in [4.78, 5) is 13.0. The van der Waals surface area contributed by atoms with Gasteiger partial charge in [0.1, 0.15) is 5.60 Å². The molecule has 0 amide bonds. The van der Waals surface area contributed by atoms with Gasteiger partial charge in [-0.05, 0) is 73.5 Å². The number of carbonyl (C=O) groups is 1. The van der Waals surface area contributed by atoms with Crippen molar-refractivity contribution in [2.45, 2.75) is 111 Å². The lowest BCUT2D eigenvalue weighted by Crippen LogP contribution is -2.42. The second-order valence-corrected chi connectivity index (χ2v) is 9.99. The van der Waals surface area contributed by atoms with Crippen LogP contribution >= 0.6 is 0 Å². The van der Waals surface area contributed by atoms with E-state index in [1.165, 1.54) is 37.7 Å². The maximum Gasteiger partial charge on any atom is 0.338 e. The lowest BCUT2D eigenvalue weighted by molar-refractivity contribution is -0.0657. The summed E-state index contributed by atoms with van der Waals surface area (Å²) >= 11 is 0. The number of hydrogen-bond acceptors (Lipinski definition) is 2. The molecule has 1 saturated carbocycles. The minimum Gasteiger partial charge on any atom is -0.455 e. The molecule has 1 unspecified atom stereocenters. The molecule has 0 radical (unpaired) electrons. The molecule has 1 aromatic carbocycles. The van der Waals surface area contributed by atoms with Gasteiger partial charge in [0, 0.05) is 0 Å². The maximum atomic E-state index is 13.0. The predicted molar refractivity (Wildman–Crippen MR) is 119 cm³/mol. The van der Waals surface area contributed by atoms with E-state index in [0.717, 1.165) is 25.7 Å². The topological polar surface area (TPSA) is 26.3 Å². The van der Waals surface area contributed by atoms with Crippen molar-refractivity contribution in [3.05, 3.63) is 35.4 Å². The molecule has 0 heterocycles. The van der Waals surface area contributed by atoms with Gasteiger partial charge in [-0.2, -0.15) is 0 Å². The lowest BCUT2D eigenvalue weighted by atomic mass is 9.74. The van der Waals surface area contributed by atoms with Crippen LogP contribution in [0.2, 0.25) is 0 Å². The molecular formula is C26H42O2. The van der Waals surface area contributed by atoms with Crippen LogP contribution in [0.3, 0.4) is 0 Å². The van der Waals surface area contributed by atoms with Crippen molar-refractivity contribution in [2.24, 2.45) is 11.3 Å². The van der Waals surface area contributed by atoms with Gasteiger partial charge in [0.05, 0.1) is 5.56 Å². The van der Waals surface area contributed by atoms with Gasteiger partial charge >= 0.3 is 5.97 Å². The van der Waals surface area contributed by atoms with Gasteiger partial charge in [0.2, 0.25) is 0 Å². The number of esters is 1. The Morgan fingerprint density at radius 1 is 1.00 bits per heavy atom. The summed E-state index contributed by atoms with van der Waals surface area (Å²) in [5, 5.41) is 0. The van der Waals surface area contributed by atoms with Crippen molar-refractivity contribution >= 4 is 5.97 Å². The SMILES string of the molecule is CCC(CC(C)(C)C)c1ccc(C(=O)OC(CC)(CC)C2CCCCC2)cc1. The van der Waals surface area contributed by atoms with Crippen molar-refractivity contribution < 1.29 is 9.53 Å². The average Bonchev–Trinajstić information content (AvgIpc) is 2.70. The van der Waals surface area contributed by atoms with E-state index in [1.807, 2.05) is 12.1 Å². The first-order chi connectivity index (χ1) is 13.2. The summed E-state index contributed by atoms with van der Waals surface area (Å²) in [6, 6.07) is 8.22. The third-order valence-electron chi connectivity index (χ3n) is 6.81. The van der Waals surface area contributed by atoms with Crippen LogP contribution in [0.1, 0.15) is 121 Å². The van der Waals surface area contributed by atoms with Crippen LogP contribution in [0.4, 0.5) is 0 Å². The van der Waals surface area contributed by atoms with Crippen molar-refractivity contribution in [2.75, 3.05) is 0 Å². The molecule has 1 aliphatic carbocycles. The van der Waals surface area contributed by atoms with Crippen molar-refractivity contribution in [1.82, 2.24) is 0 Å². The molecule has 2 nitrogen and oxygen atoms in total. The highest BCUT2D eigenvalue weighted by molar-refractivity contribution is 5.89. The number of benzene rings is 1. The quantitative estimate of drug-likeness (QED) is 0.424. The van der Waals surface area contributed by atoms with E-state index in [9.17, 15) is 4.79 Å². The fourth-order valence-corrected chi connectivity index (χ4v) is 5.06. The molecular weight excluding hydrogens is 344 g/mol. The minimum atomic E-state index is -0.297. The molecule has 0 bridgehead atoms. The third kappa shape index (κ3) is 5.84. The van der Waals surface area contributed by atoms with E-state index < -0.39 is 0 Å². The Bertz CT molecular complexity index is 598. The summed E-state index contributed by atoms with van der Waals surface area (Å²) in [6.07, 6.45) is 10.3. The zero-order chi connectivity index (χ0) is 20.8. The molecule has 28 heavy (non-hydrogen) atoms. The van der Waals surface area contributed by atoms with E-state index in [2.05, 4.69) is 53.7 Å². The second-order valence-electron chi connectivity index (χ2n) is 9.99. The Kier molecular flexibility index (Phi) is 8.16. The molecule has 0 N–H and O–H groups in total. The van der Waals surface area contributed by atoms with Gasteiger partial charge in [-0.3, -0.25) is 0 Å². The molecule has 1 aliphatic rings. The Morgan fingerprint density at radius 2 is 1.57 bits per heavy atom. The van der Waals surface area contributed by atoms with E-state index in [-0.39, 0.29) is 11.6 Å². The Labute approximate surface area is 173 Å². The number of carbonyl (C=O) groups excluding carboxylic acids is 1. The highest BCUT2D eigenvalue weighted by Gasteiger charge is 2.40.